The molecular formula is C22H26N2O5. The van der Waals surface area contributed by atoms with Crippen LogP contribution in [0.3, 0.4) is 0 Å². The van der Waals surface area contributed by atoms with E-state index in [0.717, 1.165) is 10.5 Å². The fourth-order valence-corrected chi connectivity index (χ4v) is 3.72. The van der Waals surface area contributed by atoms with Gasteiger partial charge in [0.1, 0.15) is 6.04 Å². The number of benzene rings is 1. The Morgan fingerprint density at radius 1 is 1.03 bits per heavy atom. The van der Waals surface area contributed by atoms with Crippen LogP contribution < -0.4 is 5.32 Å². The van der Waals surface area contributed by atoms with Crippen molar-refractivity contribution in [1.82, 2.24) is 4.90 Å². The minimum absolute atomic E-state index is 0.344. The molecule has 1 fully saturated rings. The Morgan fingerprint density at radius 3 is 2.10 bits per heavy atom. The number of likely N-dealkylation sites (tertiary alicyclic amines) is 1. The minimum atomic E-state index is -1.06. The first kappa shape index (κ1) is 20.8. The second kappa shape index (κ2) is 8.59. The molecule has 1 N–H and O–H groups in total. The zero-order valence-electron chi connectivity index (χ0n) is 16.9. The topological polar surface area (TPSA) is 92.8 Å². The summed E-state index contributed by atoms with van der Waals surface area (Å²) in [6.45, 7) is 5.12. The van der Waals surface area contributed by atoms with Gasteiger partial charge in [0.25, 0.3) is 5.91 Å². The Morgan fingerprint density at radius 2 is 1.59 bits per heavy atom. The Hall–Kier alpha value is -2.96. The van der Waals surface area contributed by atoms with Gasteiger partial charge in [-0.15, -0.1) is 0 Å². The van der Waals surface area contributed by atoms with Crippen molar-refractivity contribution >= 4 is 29.4 Å². The number of anilines is 1. The average molecular weight is 398 g/mol. The van der Waals surface area contributed by atoms with Crippen LogP contribution in [0.15, 0.2) is 36.4 Å². The molecule has 1 saturated heterocycles. The average Bonchev–Trinajstić information content (AvgIpc) is 2.96. The largest absolute Gasteiger partial charge is 0.454 e. The molecule has 1 heterocycles. The van der Waals surface area contributed by atoms with Gasteiger partial charge in [0.05, 0.1) is 11.8 Å². The monoisotopic (exact) mass is 398 g/mol. The first-order valence-corrected chi connectivity index (χ1v) is 9.88. The van der Waals surface area contributed by atoms with Crippen LogP contribution in [0.25, 0.3) is 0 Å². The number of hydrogen-bond acceptors (Lipinski definition) is 5. The van der Waals surface area contributed by atoms with E-state index < -0.39 is 36.4 Å². The summed E-state index contributed by atoms with van der Waals surface area (Å²) >= 11 is 0. The number of nitrogens with zero attached hydrogens (tertiary/aromatic N) is 1. The molecule has 29 heavy (non-hydrogen) atoms. The molecule has 0 saturated carbocycles. The zero-order chi connectivity index (χ0) is 21.1. The number of rotatable bonds is 6. The van der Waals surface area contributed by atoms with Crippen molar-refractivity contribution in [2.24, 2.45) is 11.8 Å². The first-order valence-electron chi connectivity index (χ1n) is 9.88. The maximum atomic E-state index is 12.5. The molecule has 0 spiro atoms. The van der Waals surface area contributed by atoms with Gasteiger partial charge in [-0.05, 0) is 43.4 Å². The lowest BCUT2D eigenvalue weighted by atomic mass is 9.85. The molecule has 3 rings (SSSR count). The lowest BCUT2D eigenvalue weighted by Gasteiger charge is -2.21. The summed E-state index contributed by atoms with van der Waals surface area (Å²) in [5.41, 5.74) is 1.75. The first-order chi connectivity index (χ1) is 13.8. The van der Waals surface area contributed by atoms with E-state index >= 15 is 0 Å². The maximum absolute atomic E-state index is 12.5. The van der Waals surface area contributed by atoms with E-state index in [4.69, 9.17) is 4.74 Å². The van der Waals surface area contributed by atoms with Gasteiger partial charge in [0.2, 0.25) is 11.8 Å². The minimum Gasteiger partial charge on any atom is -0.454 e. The van der Waals surface area contributed by atoms with Crippen molar-refractivity contribution < 1.29 is 23.9 Å². The summed E-state index contributed by atoms with van der Waals surface area (Å²) in [4.78, 5) is 50.5. The van der Waals surface area contributed by atoms with Crippen molar-refractivity contribution in [2.45, 2.75) is 45.6 Å². The van der Waals surface area contributed by atoms with E-state index in [1.165, 1.54) is 6.92 Å². The molecule has 1 aromatic rings. The molecule has 154 valence electrons. The Bertz CT molecular complexity index is 817. The van der Waals surface area contributed by atoms with Crippen LogP contribution in [-0.4, -0.2) is 41.2 Å². The number of allylic oxidation sites excluding steroid dienone is 2. The number of nitrogens with one attached hydrogen (secondary N) is 1. The molecule has 0 radical (unpaired) electrons. The maximum Gasteiger partial charge on any atom is 0.329 e. The molecule has 2 aliphatic rings. The van der Waals surface area contributed by atoms with E-state index in [-0.39, 0.29) is 11.8 Å². The number of esters is 1. The summed E-state index contributed by atoms with van der Waals surface area (Å²) < 4.78 is 5.05. The second-order valence-corrected chi connectivity index (χ2v) is 7.81. The molecule has 0 unspecified atom stereocenters. The third-order valence-electron chi connectivity index (χ3n) is 5.48. The van der Waals surface area contributed by atoms with Crippen molar-refractivity contribution in [3.63, 3.8) is 0 Å². The van der Waals surface area contributed by atoms with E-state index in [2.05, 4.69) is 19.2 Å². The normalized spacial score (nSPS) is 21.9. The van der Waals surface area contributed by atoms with Crippen molar-refractivity contribution in [3.8, 4) is 0 Å². The molecule has 1 aliphatic heterocycles. The highest BCUT2D eigenvalue weighted by atomic mass is 16.5. The zero-order valence-corrected chi connectivity index (χ0v) is 16.9. The van der Waals surface area contributed by atoms with Gasteiger partial charge in [-0.2, -0.15) is 0 Å². The van der Waals surface area contributed by atoms with Crippen LogP contribution in [0.5, 0.6) is 0 Å². The van der Waals surface area contributed by atoms with Crippen molar-refractivity contribution in [1.29, 1.82) is 0 Å². The Balaban J connectivity index is 1.53. The third-order valence-corrected chi connectivity index (χ3v) is 5.48. The highest BCUT2D eigenvalue weighted by Crippen LogP contribution is 2.36. The number of hydrogen-bond donors (Lipinski definition) is 1. The predicted octanol–water partition coefficient (Wildman–Crippen LogP) is 2.63. The molecule has 3 atom stereocenters. The summed E-state index contributed by atoms with van der Waals surface area (Å²) in [5, 5.41) is 2.66. The van der Waals surface area contributed by atoms with Crippen molar-refractivity contribution in [3.05, 3.63) is 42.0 Å². The standard InChI is InChI=1S/C22H26N2O5/c1-13(2)15-8-10-16(11-9-15)23-19(25)12-29-22(28)14(3)24-20(26)17-6-4-5-7-18(17)21(24)27/h4-5,8-11,13-14,17-18H,6-7,12H2,1-3H3,(H,23,25)/t14-,17-,18+/m0/s1. The summed E-state index contributed by atoms with van der Waals surface area (Å²) in [7, 11) is 0. The van der Waals surface area contributed by atoms with E-state index in [1.807, 2.05) is 24.3 Å². The molecule has 3 amide bonds. The molecule has 0 aromatic heterocycles. The van der Waals surface area contributed by atoms with Crippen LogP contribution in [0.4, 0.5) is 5.69 Å². The fourth-order valence-electron chi connectivity index (χ4n) is 3.72. The van der Waals surface area contributed by atoms with Crippen LogP contribution >= 0.6 is 0 Å². The van der Waals surface area contributed by atoms with E-state index in [9.17, 15) is 19.2 Å². The molecule has 1 aromatic carbocycles. The van der Waals surface area contributed by atoms with Crippen LogP contribution in [0.1, 0.15) is 45.1 Å². The van der Waals surface area contributed by atoms with Gasteiger partial charge >= 0.3 is 5.97 Å². The summed E-state index contributed by atoms with van der Waals surface area (Å²) in [6, 6.07) is 6.36. The number of fused-ring (bicyclic) bond motifs is 1. The molecule has 7 heteroatoms. The number of imide groups is 1. The van der Waals surface area contributed by atoms with Crippen LogP contribution in [-0.2, 0) is 23.9 Å². The van der Waals surface area contributed by atoms with Gasteiger partial charge in [0.15, 0.2) is 6.61 Å². The fraction of sp³-hybridized carbons (Fsp3) is 0.455. The highest BCUT2D eigenvalue weighted by Gasteiger charge is 2.50. The summed E-state index contributed by atoms with van der Waals surface area (Å²) in [6.07, 6.45) is 4.78. The number of amides is 3. The van der Waals surface area contributed by atoms with Gasteiger partial charge < -0.3 is 10.1 Å². The quantitative estimate of drug-likeness (QED) is 0.452. The summed E-state index contributed by atoms with van der Waals surface area (Å²) in [5.74, 6) is -2.37. The number of carbonyl (C=O) groups excluding carboxylic acids is 4. The Kier molecular flexibility index (Phi) is 6.15. The van der Waals surface area contributed by atoms with Crippen LogP contribution in [0, 0.1) is 11.8 Å². The van der Waals surface area contributed by atoms with Crippen molar-refractivity contribution in [2.75, 3.05) is 11.9 Å². The second-order valence-electron chi connectivity index (χ2n) is 7.81. The molecular weight excluding hydrogens is 372 g/mol. The van der Waals surface area contributed by atoms with Gasteiger partial charge in [0, 0.05) is 5.69 Å². The number of carbonyl (C=O) groups is 4. The van der Waals surface area contributed by atoms with E-state index in [1.54, 1.807) is 12.1 Å². The molecule has 1 aliphatic carbocycles. The molecule has 7 nitrogen and oxygen atoms in total. The highest BCUT2D eigenvalue weighted by molar-refractivity contribution is 6.08. The third kappa shape index (κ3) is 4.39. The number of ether oxygens (including phenoxy) is 1. The lowest BCUT2D eigenvalue weighted by Crippen LogP contribution is -2.45. The molecule has 0 bridgehead atoms. The lowest BCUT2D eigenvalue weighted by molar-refractivity contribution is -0.159. The SMILES string of the molecule is CC(C)c1ccc(NC(=O)COC(=O)[C@H](C)N2C(=O)[C@H]3CC=CC[C@H]3C2=O)cc1. The van der Waals surface area contributed by atoms with Crippen LogP contribution in [0.2, 0.25) is 0 Å². The Labute approximate surface area is 170 Å². The van der Waals surface area contributed by atoms with E-state index in [0.29, 0.717) is 24.4 Å². The van der Waals surface area contributed by atoms with Gasteiger partial charge in [-0.25, -0.2) is 4.79 Å². The predicted molar refractivity (Wildman–Crippen MR) is 107 cm³/mol. The smallest absolute Gasteiger partial charge is 0.329 e. The van der Waals surface area contributed by atoms with Gasteiger partial charge in [-0.3, -0.25) is 19.3 Å². The van der Waals surface area contributed by atoms with Gasteiger partial charge in [-0.1, -0.05) is 38.1 Å².